The first-order valence-corrected chi connectivity index (χ1v) is 9.51. The zero-order valence-electron chi connectivity index (χ0n) is 16.2. The highest BCUT2D eigenvalue weighted by Gasteiger charge is 2.15. The number of benzene rings is 1. The highest BCUT2D eigenvalue weighted by molar-refractivity contribution is 14.0. The lowest BCUT2D eigenvalue weighted by molar-refractivity contribution is -0.114. The van der Waals surface area contributed by atoms with Crippen LogP contribution in [0.3, 0.4) is 0 Å². The number of guanidine groups is 1. The van der Waals surface area contributed by atoms with E-state index in [2.05, 4.69) is 25.9 Å². The molecule has 0 aliphatic rings. The standard InChI is InChI=1S/C18H22F3N5OS.HI/c1-4-22-18(23-8-7-15-25-10(2)11(3)28-15)24-9-14(27)26-13-6-5-12(19)16(20)17(13)21;/h5-6H,4,7-9H2,1-3H3,(H,26,27)(H2,22,23,24);1H. The first-order chi connectivity index (χ1) is 13.3. The molecule has 1 amide bonds. The van der Waals surface area contributed by atoms with Gasteiger partial charge in [0.15, 0.2) is 23.4 Å². The number of hydrogen-bond acceptors (Lipinski definition) is 4. The largest absolute Gasteiger partial charge is 0.357 e. The average Bonchev–Trinajstić information content (AvgIpc) is 2.98. The number of aromatic nitrogens is 1. The summed E-state index contributed by atoms with van der Waals surface area (Å²) in [6.45, 7) is 6.69. The van der Waals surface area contributed by atoms with Crippen LogP contribution in [0.15, 0.2) is 17.1 Å². The van der Waals surface area contributed by atoms with Gasteiger partial charge in [-0.15, -0.1) is 35.3 Å². The molecule has 0 saturated heterocycles. The summed E-state index contributed by atoms with van der Waals surface area (Å²) in [5.41, 5.74) is 0.577. The van der Waals surface area contributed by atoms with Crippen molar-refractivity contribution in [3.8, 4) is 0 Å². The summed E-state index contributed by atoms with van der Waals surface area (Å²) in [7, 11) is 0. The van der Waals surface area contributed by atoms with Crippen molar-refractivity contribution in [1.29, 1.82) is 0 Å². The van der Waals surface area contributed by atoms with Crippen LogP contribution in [-0.4, -0.2) is 36.5 Å². The van der Waals surface area contributed by atoms with Crippen molar-refractivity contribution >= 4 is 52.9 Å². The number of rotatable bonds is 7. The second kappa shape index (κ2) is 12.0. The second-order valence-corrected chi connectivity index (χ2v) is 7.18. The Labute approximate surface area is 188 Å². The lowest BCUT2D eigenvalue weighted by atomic mass is 10.3. The predicted molar refractivity (Wildman–Crippen MR) is 120 cm³/mol. The van der Waals surface area contributed by atoms with Gasteiger partial charge in [-0.1, -0.05) is 0 Å². The topological polar surface area (TPSA) is 78.4 Å². The van der Waals surface area contributed by atoms with E-state index in [9.17, 15) is 18.0 Å². The highest BCUT2D eigenvalue weighted by atomic mass is 127. The molecule has 0 aliphatic heterocycles. The van der Waals surface area contributed by atoms with Gasteiger partial charge < -0.3 is 16.0 Å². The summed E-state index contributed by atoms with van der Waals surface area (Å²) < 4.78 is 39.7. The fourth-order valence-corrected chi connectivity index (χ4v) is 3.17. The number of carbonyl (C=O) groups excluding carboxylic acids is 1. The molecule has 6 nitrogen and oxygen atoms in total. The number of nitrogens with zero attached hydrogens (tertiary/aromatic N) is 2. The highest BCUT2D eigenvalue weighted by Crippen LogP contribution is 2.19. The SMILES string of the molecule is CCNC(=NCC(=O)Nc1ccc(F)c(F)c1F)NCCc1nc(C)c(C)s1.I. The summed E-state index contributed by atoms with van der Waals surface area (Å²) in [6.07, 6.45) is 0.704. The van der Waals surface area contributed by atoms with Crippen molar-refractivity contribution in [2.45, 2.75) is 27.2 Å². The normalized spacial score (nSPS) is 11.0. The number of halogens is 4. The minimum absolute atomic E-state index is 0. The van der Waals surface area contributed by atoms with Crippen molar-refractivity contribution < 1.29 is 18.0 Å². The van der Waals surface area contributed by atoms with Crippen LogP contribution in [-0.2, 0) is 11.2 Å². The Morgan fingerprint density at radius 2 is 1.90 bits per heavy atom. The number of anilines is 1. The van der Waals surface area contributed by atoms with Crippen molar-refractivity contribution in [2.24, 2.45) is 4.99 Å². The zero-order chi connectivity index (χ0) is 20.7. The molecular weight excluding hydrogens is 518 g/mol. The summed E-state index contributed by atoms with van der Waals surface area (Å²) in [4.78, 5) is 21.7. The minimum Gasteiger partial charge on any atom is -0.357 e. The molecule has 1 aromatic heterocycles. The van der Waals surface area contributed by atoms with Gasteiger partial charge in [0.05, 0.1) is 16.4 Å². The third kappa shape index (κ3) is 7.46. The molecule has 0 atom stereocenters. The van der Waals surface area contributed by atoms with Gasteiger partial charge in [-0.05, 0) is 32.9 Å². The molecule has 1 aromatic carbocycles. The summed E-state index contributed by atoms with van der Waals surface area (Å²) >= 11 is 1.63. The molecule has 0 saturated carbocycles. The van der Waals surface area contributed by atoms with Crippen molar-refractivity contribution in [1.82, 2.24) is 15.6 Å². The molecule has 0 bridgehead atoms. The second-order valence-electron chi connectivity index (χ2n) is 5.89. The van der Waals surface area contributed by atoms with Crippen molar-refractivity contribution in [3.05, 3.63) is 45.2 Å². The van der Waals surface area contributed by atoms with Gasteiger partial charge in [-0.3, -0.25) is 4.79 Å². The fourth-order valence-electron chi connectivity index (χ4n) is 2.24. The lowest BCUT2D eigenvalue weighted by Gasteiger charge is -2.11. The Morgan fingerprint density at radius 1 is 1.17 bits per heavy atom. The fraction of sp³-hybridized carbons (Fsp3) is 0.389. The molecule has 29 heavy (non-hydrogen) atoms. The number of thiazole rings is 1. The lowest BCUT2D eigenvalue weighted by Crippen LogP contribution is -2.39. The average molecular weight is 541 g/mol. The van der Waals surface area contributed by atoms with Gasteiger partial charge in [-0.2, -0.15) is 0 Å². The maximum atomic E-state index is 13.6. The molecule has 2 aromatic rings. The number of aliphatic imine (C=N–C) groups is 1. The summed E-state index contributed by atoms with van der Waals surface area (Å²) in [6, 6.07) is 1.70. The van der Waals surface area contributed by atoms with Gasteiger partial charge in [0.25, 0.3) is 0 Å². The molecule has 2 rings (SSSR count). The van der Waals surface area contributed by atoms with E-state index in [1.807, 2.05) is 20.8 Å². The number of aryl methyl sites for hydroxylation is 2. The van der Waals surface area contributed by atoms with Crippen LogP contribution in [0, 0.1) is 31.3 Å². The van der Waals surface area contributed by atoms with Crippen LogP contribution in [0.4, 0.5) is 18.9 Å². The number of nitrogens with one attached hydrogen (secondary N) is 3. The molecule has 0 aliphatic carbocycles. The molecule has 1 heterocycles. The third-order valence-corrected chi connectivity index (χ3v) is 4.87. The zero-order valence-corrected chi connectivity index (χ0v) is 19.4. The number of hydrogen-bond donors (Lipinski definition) is 3. The third-order valence-electron chi connectivity index (χ3n) is 3.74. The van der Waals surface area contributed by atoms with Gasteiger partial charge in [0.1, 0.15) is 6.54 Å². The first kappa shape index (κ1) is 25.1. The van der Waals surface area contributed by atoms with E-state index < -0.39 is 29.0 Å². The monoisotopic (exact) mass is 541 g/mol. The van der Waals surface area contributed by atoms with Crippen LogP contribution in [0.5, 0.6) is 0 Å². The van der Waals surface area contributed by atoms with E-state index in [0.717, 1.165) is 22.8 Å². The Bertz CT molecular complexity index is 856. The maximum Gasteiger partial charge on any atom is 0.246 e. The predicted octanol–water partition coefficient (Wildman–Crippen LogP) is 3.53. The van der Waals surface area contributed by atoms with Gasteiger partial charge in [0.2, 0.25) is 5.91 Å². The molecule has 0 fully saturated rings. The van der Waals surface area contributed by atoms with E-state index >= 15 is 0 Å². The summed E-state index contributed by atoms with van der Waals surface area (Å²) in [5, 5.41) is 9.26. The van der Waals surface area contributed by atoms with Crippen LogP contribution in [0.25, 0.3) is 0 Å². The molecular formula is C18H23F3IN5OS. The first-order valence-electron chi connectivity index (χ1n) is 8.70. The Morgan fingerprint density at radius 3 is 2.52 bits per heavy atom. The molecule has 160 valence electrons. The molecule has 3 N–H and O–H groups in total. The van der Waals surface area contributed by atoms with Gasteiger partial charge in [-0.25, -0.2) is 23.1 Å². The molecule has 11 heteroatoms. The van der Waals surface area contributed by atoms with Crippen LogP contribution >= 0.6 is 35.3 Å². The van der Waals surface area contributed by atoms with E-state index in [1.54, 1.807) is 11.3 Å². The van der Waals surface area contributed by atoms with Gasteiger partial charge in [0, 0.05) is 24.4 Å². The van der Waals surface area contributed by atoms with Gasteiger partial charge >= 0.3 is 0 Å². The van der Waals surface area contributed by atoms with Crippen LogP contribution in [0.1, 0.15) is 22.5 Å². The van der Waals surface area contributed by atoms with E-state index in [-0.39, 0.29) is 30.5 Å². The Hall–Kier alpha value is -1.89. The smallest absolute Gasteiger partial charge is 0.246 e. The number of amides is 1. The number of carbonyl (C=O) groups is 1. The van der Waals surface area contributed by atoms with Crippen molar-refractivity contribution in [2.75, 3.05) is 25.0 Å². The Balaban J connectivity index is 0.00000420. The molecule has 0 spiro atoms. The van der Waals surface area contributed by atoms with E-state index in [1.165, 1.54) is 4.88 Å². The summed E-state index contributed by atoms with van der Waals surface area (Å²) in [5.74, 6) is -4.65. The van der Waals surface area contributed by atoms with Crippen LogP contribution in [0.2, 0.25) is 0 Å². The van der Waals surface area contributed by atoms with E-state index in [4.69, 9.17) is 0 Å². The maximum absolute atomic E-state index is 13.6. The van der Waals surface area contributed by atoms with Crippen molar-refractivity contribution in [3.63, 3.8) is 0 Å². The quantitative estimate of drug-likeness (QED) is 0.217. The van der Waals surface area contributed by atoms with E-state index in [0.29, 0.717) is 25.5 Å². The minimum atomic E-state index is -1.64. The molecule has 0 unspecified atom stereocenters. The molecule has 0 radical (unpaired) electrons. The Kier molecular flexibility index (Phi) is 10.4. The van der Waals surface area contributed by atoms with Crippen LogP contribution < -0.4 is 16.0 Å².